The van der Waals surface area contributed by atoms with Gasteiger partial charge in [0, 0.05) is 13.0 Å². The highest BCUT2D eigenvalue weighted by Crippen LogP contribution is 2.30. The molecule has 0 spiro atoms. The summed E-state index contributed by atoms with van der Waals surface area (Å²) in [5, 5.41) is 3.03. The summed E-state index contributed by atoms with van der Waals surface area (Å²) in [6.07, 6.45) is 0.780. The maximum Gasteiger partial charge on any atom is 0.513 e. The van der Waals surface area contributed by atoms with Crippen molar-refractivity contribution in [1.29, 1.82) is 0 Å². The molecule has 0 aliphatic carbocycles. The number of carbonyl (C=O) groups excluding carboxylic acids is 4. The summed E-state index contributed by atoms with van der Waals surface area (Å²) in [5.74, 6) is -0.0281. The van der Waals surface area contributed by atoms with Crippen LogP contribution in [-0.4, -0.2) is 63.8 Å². The molecular formula is C30H47NO10. The normalized spacial score (nSPS) is 12.4. The molecule has 0 saturated carbocycles. The Labute approximate surface area is 243 Å². The fraction of sp³-hybridized carbons (Fsp3) is 0.667. The van der Waals surface area contributed by atoms with E-state index in [1.807, 2.05) is 41.5 Å². The van der Waals surface area contributed by atoms with Crippen molar-refractivity contribution in [1.82, 2.24) is 5.32 Å². The van der Waals surface area contributed by atoms with Crippen LogP contribution in [0.25, 0.3) is 0 Å². The van der Waals surface area contributed by atoms with Gasteiger partial charge in [-0.3, -0.25) is 9.59 Å². The molecule has 2 atom stereocenters. The number of rotatable bonds is 18. The van der Waals surface area contributed by atoms with Gasteiger partial charge in [-0.1, -0.05) is 54.0 Å². The smallest absolute Gasteiger partial charge is 0.468 e. The number of hydrogen-bond acceptors (Lipinski definition) is 11. The van der Waals surface area contributed by atoms with Crippen LogP contribution >= 0.6 is 0 Å². The van der Waals surface area contributed by atoms with Crippen LogP contribution in [0.4, 0.5) is 9.59 Å². The van der Waals surface area contributed by atoms with Crippen molar-refractivity contribution in [2.75, 3.05) is 33.5 Å². The van der Waals surface area contributed by atoms with Crippen molar-refractivity contribution in [2.45, 2.75) is 79.7 Å². The molecule has 0 radical (unpaired) electrons. The molecule has 232 valence electrons. The van der Waals surface area contributed by atoms with E-state index in [2.05, 4.69) is 5.32 Å². The first-order valence-electron chi connectivity index (χ1n) is 14.2. The van der Waals surface area contributed by atoms with Gasteiger partial charge < -0.3 is 33.7 Å². The molecule has 0 bridgehead atoms. The summed E-state index contributed by atoms with van der Waals surface area (Å²) in [7, 11) is 1.27. The lowest BCUT2D eigenvalue weighted by Crippen LogP contribution is -2.41. The minimum atomic E-state index is -0.956. The molecule has 11 nitrogen and oxygen atoms in total. The molecule has 0 fully saturated rings. The van der Waals surface area contributed by atoms with E-state index < -0.39 is 24.3 Å². The predicted octanol–water partition coefficient (Wildman–Crippen LogP) is 5.46. The topological polar surface area (TPSA) is 136 Å². The Bertz CT molecular complexity index is 963. The van der Waals surface area contributed by atoms with E-state index >= 15 is 0 Å². The number of esters is 2. The molecular weight excluding hydrogens is 534 g/mol. The van der Waals surface area contributed by atoms with Gasteiger partial charge in [-0.05, 0) is 54.7 Å². The van der Waals surface area contributed by atoms with Gasteiger partial charge >= 0.3 is 24.2 Å². The molecule has 0 saturated heterocycles. The number of benzene rings is 1. The summed E-state index contributed by atoms with van der Waals surface area (Å²) < 4.78 is 31.1. The zero-order valence-electron chi connectivity index (χ0n) is 25.5. The van der Waals surface area contributed by atoms with Crippen molar-refractivity contribution < 1.29 is 47.6 Å². The first kappa shape index (κ1) is 35.7. The largest absolute Gasteiger partial charge is 0.513 e. The third kappa shape index (κ3) is 15.9. The molecule has 41 heavy (non-hydrogen) atoms. The summed E-state index contributed by atoms with van der Waals surface area (Å²) >= 11 is 0. The quantitative estimate of drug-likeness (QED) is 0.102. The third-order valence-electron chi connectivity index (χ3n) is 6.12. The summed E-state index contributed by atoms with van der Waals surface area (Å²) in [6.45, 7) is 12.6. The first-order valence-corrected chi connectivity index (χ1v) is 14.2. The Balaban J connectivity index is 2.95. The van der Waals surface area contributed by atoms with Crippen molar-refractivity contribution in [3.63, 3.8) is 0 Å². The van der Waals surface area contributed by atoms with E-state index in [9.17, 15) is 19.2 Å². The number of nitrogens with one attached hydrogen (secondary N) is 1. The Morgan fingerprint density at radius 3 is 1.93 bits per heavy atom. The van der Waals surface area contributed by atoms with Crippen molar-refractivity contribution in [3.05, 3.63) is 23.8 Å². The van der Waals surface area contributed by atoms with Crippen LogP contribution in [0.15, 0.2) is 18.2 Å². The molecule has 1 rings (SSSR count). The molecule has 0 heterocycles. The monoisotopic (exact) mass is 581 g/mol. The minimum Gasteiger partial charge on any atom is -0.468 e. The zero-order valence-corrected chi connectivity index (χ0v) is 25.5. The maximum atomic E-state index is 12.4. The average molecular weight is 582 g/mol. The lowest BCUT2D eigenvalue weighted by molar-refractivity contribution is -0.144. The Kier molecular flexibility index (Phi) is 17.1. The van der Waals surface area contributed by atoms with Crippen LogP contribution < -0.4 is 14.8 Å². The van der Waals surface area contributed by atoms with Gasteiger partial charge in [-0.2, -0.15) is 0 Å². The van der Waals surface area contributed by atoms with Gasteiger partial charge in [-0.15, -0.1) is 0 Å². The third-order valence-corrected chi connectivity index (χ3v) is 6.12. The van der Waals surface area contributed by atoms with Crippen LogP contribution in [0.3, 0.4) is 0 Å². The Morgan fingerprint density at radius 1 is 0.805 bits per heavy atom. The van der Waals surface area contributed by atoms with Gasteiger partial charge in [0.05, 0.1) is 20.3 Å². The molecule has 1 aromatic rings. The van der Waals surface area contributed by atoms with Gasteiger partial charge in [-0.25, -0.2) is 9.59 Å². The van der Waals surface area contributed by atoms with E-state index in [1.54, 1.807) is 6.07 Å². The summed E-state index contributed by atoms with van der Waals surface area (Å²) in [4.78, 5) is 48.9. The van der Waals surface area contributed by atoms with Crippen molar-refractivity contribution >= 4 is 24.2 Å². The SMILES string of the molecule is CCC(C)CC(=O)OCCN[C@@H](Cc1ccc(OC(=O)OCCC(C)C)c(OC(=O)OCCC(C)C)c1)C(=O)OC. The predicted molar refractivity (Wildman–Crippen MR) is 152 cm³/mol. The molecule has 1 aromatic carbocycles. The number of carbonyl (C=O) groups is 4. The fourth-order valence-corrected chi connectivity index (χ4v) is 3.34. The highest BCUT2D eigenvalue weighted by atomic mass is 16.7. The first-order chi connectivity index (χ1) is 19.4. The second-order valence-electron chi connectivity index (χ2n) is 10.7. The fourth-order valence-electron chi connectivity index (χ4n) is 3.34. The van der Waals surface area contributed by atoms with Crippen molar-refractivity contribution in [2.24, 2.45) is 17.8 Å². The second kappa shape index (κ2) is 19.7. The van der Waals surface area contributed by atoms with Gasteiger partial charge in [0.2, 0.25) is 0 Å². The standard InChI is InChI=1S/C30H47NO10/c1-8-22(6)17-27(32)37-16-13-31-24(28(33)36-7)18-23-9-10-25(40-29(34)38-14-11-20(2)3)26(19-23)41-30(35)39-15-12-21(4)5/h9-10,19-22,24,31H,8,11-18H2,1-7H3/t22?,24-/m0/s1. The van der Waals surface area contributed by atoms with E-state index in [0.717, 1.165) is 6.42 Å². The lowest BCUT2D eigenvalue weighted by Gasteiger charge is -2.18. The molecule has 0 aliphatic heterocycles. The molecule has 11 heteroatoms. The molecule has 1 N–H and O–H groups in total. The van der Waals surface area contributed by atoms with Crippen LogP contribution in [0.5, 0.6) is 11.5 Å². The van der Waals surface area contributed by atoms with Crippen molar-refractivity contribution in [3.8, 4) is 11.5 Å². The molecule has 0 aliphatic rings. The van der Waals surface area contributed by atoms with Crippen LogP contribution in [0.1, 0.15) is 72.8 Å². The van der Waals surface area contributed by atoms with E-state index in [1.165, 1.54) is 19.2 Å². The van der Waals surface area contributed by atoms with Crippen LogP contribution in [0, 0.1) is 17.8 Å². The lowest BCUT2D eigenvalue weighted by atomic mass is 10.1. The molecule has 0 aromatic heterocycles. The minimum absolute atomic E-state index is 0.0418. The van der Waals surface area contributed by atoms with E-state index in [4.69, 9.17) is 28.4 Å². The van der Waals surface area contributed by atoms with Crippen LogP contribution in [-0.2, 0) is 35.0 Å². The average Bonchev–Trinajstić information content (AvgIpc) is 2.90. The molecule has 1 unspecified atom stereocenters. The Morgan fingerprint density at radius 2 is 1.39 bits per heavy atom. The number of hydrogen-bond donors (Lipinski definition) is 1. The number of methoxy groups -OCH3 is 1. The second-order valence-corrected chi connectivity index (χ2v) is 10.7. The van der Waals surface area contributed by atoms with E-state index in [0.29, 0.717) is 36.7 Å². The van der Waals surface area contributed by atoms with E-state index in [-0.39, 0.29) is 56.2 Å². The van der Waals surface area contributed by atoms with Gasteiger partial charge in [0.1, 0.15) is 12.6 Å². The highest BCUT2D eigenvalue weighted by Gasteiger charge is 2.22. The number of ether oxygens (including phenoxy) is 6. The Hall–Kier alpha value is -3.34. The summed E-state index contributed by atoms with van der Waals surface area (Å²) in [5.41, 5.74) is 0.576. The van der Waals surface area contributed by atoms with Gasteiger partial charge in [0.25, 0.3) is 0 Å². The maximum absolute atomic E-state index is 12.4. The highest BCUT2D eigenvalue weighted by molar-refractivity contribution is 5.76. The zero-order chi connectivity index (χ0) is 30.8. The van der Waals surface area contributed by atoms with Crippen LogP contribution in [0.2, 0.25) is 0 Å². The summed E-state index contributed by atoms with van der Waals surface area (Å²) in [6, 6.07) is 3.76. The van der Waals surface area contributed by atoms with Gasteiger partial charge in [0.15, 0.2) is 11.5 Å². The molecule has 0 amide bonds.